The first-order chi connectivity index (χ1) is 11.8. The molecule has 1 heterocycles. The summed E-state index contributed by atoms with van der Waals surface area (Å²) < 4.78 is 21.8. The van der Waals surface area contributed by atoms with E-state index in [9.17, 15) is 9.59 Å². The summed E-state index contributed by atoms with van der Waals surface area (Å²) in [6, 6.07) is 8.48. The molecule has 0 N–H and O–H groups in total. The van der Waals surface area contributed by atoms with E-state index < -0.39 is 29.6 Å². The van der Waals surface area contributed by atoms with Gasteiger partial charge < -0.3 is 18.9 Å². The zero-order valence-corrected chi connectivity index (χ0v) is 15.3. The summed E-state index contributed by atoms with van der Waals surface area (Å²) in [7, 11) is 2.82. The van der Waals surface area contributed by atoms with Crippen molar-refractivity contribution in [3.05, 3.63) is 35.9 Å². The molecule has 0 aliphatic carbocycles. The third kappa shape index (κ3) is 3.34. The number of amides is 1. The van der Waals surface area contributed by atoms with Crippen LogP contribution >= 0.6 is 0 Å². The Balaban J connectivity index is 2.31. The van der Waals surface area contributed by atoms with Gasteiger partial charge in [-0.2, -0.15) is 0 Å². The summed E-state index contributed by atoms with van der Waals surface area (Å²) in [5.74, 6) is -2.02. The molecule has 1 aliphatic heterocycles. The van der Waals surface area contributed by atoms with Crippen LogP contribution in [0.4, 0.5) is 4.79 Å². The van der Waals surface area contributed by atoms with Gasteiger partial charge in [0.1, 0.15) is 12.6 Å². The molecule has 1 amide bonds. The first-order valence-electron chi connectivity index (χ1n) is 8.16. The molecule has 0 radical (unpaired) electrons. The highest BCUT2D eigenvalue weighted by atomic mass is 16.7. The van der Waals surface area contributed by atoms with E-state index in [1.807, 2.05) is 30.3 Å². The van der Waals surface area contributed by atoms with Crippen LogP contribution in [0.5, 0.6) is 0 Å². The standard InChI is InChI=1S/C18H25NO6/c1-6-14-15(20)25-18(3,23-5)17(2,22-4)19(14)16(21)24-12-13-10-8-7-9-11-13/h7-11,14H,6,12H2,1-5H3/t14-,17-,18+/m1/s1. The number of hydrogen-bond donors (Lipinski definition) is 0. The molecule has 7 heteroatoms. The summed E-state index contributed by atoms with van der Waals surface area (Å²) in [6.07, 6.45) is -0.308. The summed E-state index contributed by atoms with van der Waals surface area (Å²) >= 11 is 0. The van der Waals surface area contributed by atoms with Gasteiger partial charge in [0, 0.05) is 21.1 Å². The van der Waals surface area contributed by atoms with Gasteiger partial charge in [-0.05, 0) is 18.9 Å². The molecule has 0 unspecified atom stereocenters. The summed E-state index contributed by atoms with van der Waals surface area (Å²) in [6.45, 7) is 5.06. The van der Waals surface area contributed by atoms with Crippen LogP contribution in [0.25, 0.3) is 0 Å². The Morgan fingerprint density at radius 2 is 1.84 bits per heavy atom. The van der Waals surface area contributed by atoms with E-state index in [0.29, 0.717) is 6.42 Å². The van der Waals surface area contributed by atoms with Crippen molar-refractivity contribution in [1.29, 1.82) is 0 Å². The molecular formula is C18H25NO6. The van der Waals surface area contributed by atoms with Crippen LogP contribution in [-0.4, -0.2) is 48.7 Å². The number of rotatable bonds is 5. The van der Waals surface area contributed by atoms with Crippen molar-refractivity contribution in [3.8, 4) is 0 Å². The second-order valence-electron chi connectivity index (χ2n) is 6.09. The number of benzene rings is 1. The third-order valence-electron chi connectivity index (χ3n) is 4.76. The average molecular weight is 351 g/mol. The second-order valence-corrected chi connectivity index (χ2v) is 6.09. The smallest absolute Gasteiger partial charge is 0.413 e. The van der Waals surface area contributed by atoms with E-state index in [1.54, 1.807) is 20.8 Å². The molecule has 1 saturated heterocycles. The topological polar surface area (TPSA) is 74.3 Å². The number of methoxy groups -OCH3 is 2. The van der Waals surface area contributed by atoms with Gasteiger partial charge in [-0.1, -0.05) is 37.3 Å². The lowest BCUT2D eigenvalue weighted by atomic mass is 9.97. The van der Waals surface area contributed by atoms with Crippen LogP contribution in [0.1, 0.15) is 32.8 Å². The van der Waals surface area contributed by atoms with Crippen LogP contribution in [-0.2, 0) is 30.3 Å². The van der Waals surface area contributed by atoms with Crippen molar-refractivity contribution in [3.63, 3.8) is 0 Å². The predicted octanol–water partition coefficient (Wildman–Crippen LogP) is 2.69. The van der Waals surface area contributed by atoms with Crippen LogP contribution in [0.2, 0.25) is 0 Å². The fourth-order valence-corrected chi connectivity index (χ4v) is 2.93. The first kappa shape index (κ1) is 19.2. The van der Waals surface area contributed by atoms with Crippen LogP contribution in [0.15, 0.2) is 30.3 Å². The van der Waals surface area contributed by atoms with E-state index in [2.05, 4.69) is 0 Å². The molecule has 3 atom stereocenters. The quantitative estimate of drug-likeness (QED) is 0.760. The van der Waals surface area contributed by atoms with Crippen molar-refractivity contribution in [1.82, 2.24) is 4.90 Å². The summed E-state index contributed by atoms with van der Waals surface area (Å²) in [4.78, 5) is 26.5. The average Bonchev–Trinajstić information content (AvgIpc) is 2.63. The molecule has 2 rings (SSSR count). The summed E-state index contributed by atoms with van der Waals surface area (Å²) in [5.41, 5.74) is -0.499. The van der Waals surface area contributed by atoms with Gasteiger partial charge in [-0.15, -0.1) is 0 Å². The van der Waals surface area contributed by atoms with Gasteiger partial charge in [0.25, 0.3) is 5.79 Å². The molecule has 138 valence electrons. The van der Waals surface area contributed by atoms with Gasteiger partial charge >= 0.3 is 12.1 Å². The molecule has 1 fully saturated rings. The lowest BCUT2D eigenvalue weighted by Crippen LogP contribution is -2.74. The number of nitrogens with zero attached hydrogens (tertiary/aromatic N) is 1. The molecule has 0 aromatic heterocycles. The lowest BCUT2D eigenvalue weighted by molar-refractivity contribution is -0.350. The Labute approximate surface area is 147 Å². The zero-order valence-electron chi connectivity index (χ0n) is 15.3. The zero-order chi connectivity index (χ0) is 18.7. The normalized spacial score (nSPS) is 29.2. The number of ether oxygens (including phenoxy) is 4. The largest absolute Gasteiger partial charge is 0.444 e. The van der Waals surface area contributed by atoms with E-state index in [4.69, 9.17) is 18.9 Å². The Kier molecular flexibility index (Phi) is 5.69. The van der Waals surface area contributed by atoms with Gasteiger partial charge in [0.15, 0.2) is 0 Å². The molecule has 1 aliphatic rings. The predicted molar refractivity (Wildman–Crippen MR) is 89.5 cm³/mol. The highest BCUT2D eigenvalue weighted by Gasteiger charge is 2.62. The fourth-order valence-electron chi connectivity index (χ4n) is 2.93. The minimum atomic E-state index is -1.46. The Hall–Kier alpha value is -2.12. The maximum absolute atomic E-state index is 12.8. The molecule has 0 spiro atoms. The lowest BCUT2D eigenvalue weighted by Gasteiger charge is -2.54. The van der Waals surface area contributed by atoms with Crippen LogP contribution in [0, 0.1) is 0 Å². The Morgan fingerprint density at radius 3 is 2.36 bits per heavy atom. The minimum absolute atomic E-state index is 0.0884. The monoisotopic (exact) mass is 351 g/mol. The van der Waals surface area contributed by atoms with E-state index in [-0.39, 0.29) is 6.61 Å². The van der Waals surface area contributed by atoms with Crippen molar-refractivity contribution in [2.75, 3.05) is 14.2 Å². The third-order valence-corrected chi connectivity index (χ3v) is 4.76. The maximum Gasteiger partial charge on any atom is 0.413 e. The second kappa shape index (κ2) is 7.41. The molecule has 0 saturated carbocycles. The Bertz CT molecular complexity index is 621. The van der Waals surface area contributed by atoms with E-state index in [0.717, 1.165) is 5.56 Å². The van der Waals surface area contributed by atoms with Gasteiger partial charge in [-0.3, -0.25) is 4.90 Å². The molecule has 7 nitrogen and oxygen atoms in total. The van der Waals surface area contributed by atoms with Crippen LogP contribution < -0.4 is 0 Å². The minimum Gasteiger partial charge on any atom is -0.444 e. The number of esters is 1. The van der Waals surface area contributed by atoms with E-state index in [1.165, 1.54) is 19.1 Å². The van der Waals surface area contributed by atoms with Gasteiger partial charge in [0.2, 0.25) is 5.72 Å². The van der Waals surface area contributed by atoms with Gasteiger partial charge in [-0.25, -0.2) is 9.59 Å². The van der Waals surface area contributed by atoms with Crippen LogP contribution in [0.3, 0.4) is 0 Å². The van der Waals surface area contributed by atoms with Crippen molar-refractivity contribution >= 4 is 12.1 Å². The first-order valence-corrected chi connectivity index (χ1v) is 8.16. The highest BCUT2D eigenvalue weighted by molar-refractivity contribution is 5.83. The van der Waals surface area contributed by atoms with Gasteiger partial charge in [0.05, 0.1) is 0 Å². The number of cyclic esters (lactones) is 1. The molecule has 1 aromatic rings. The number of hydrogen-bond acceptors (Lipinski definition) is 6. The SMILES string of the molecule is CC[C@@H]1C(=O)O[C@](C)(OC)[C@@](C)(OC)N1C(=O)OCc1ccccc1. The maximum atomic E-state index is 12.8. The molecule has 0 bridgehead atoms. The van der Waals surface area contributed by atoms with Crippen molar-refractivity contribution in [2.45, 2.75) is 51.4 Å². The fraction of sp³-hybridized carbons (Fsp3) is 0.556. The molecule has 1 aromatic carbocycles. The summed E-state index contributed by atoms with van der Waals surface area (Å²) in [5, 5.41) is 0. The molecular weight excluding hydrogens is 326 g/mol. The highest BCUT2D eigenvalue weighted by Crippen LogP contribution is 2.40. The molecule has 25 heavy (non-hydrogen) atoms. The Morgan fingerprint density at radius 1 is 1.20 bits per heavy atom. The number of morpholine rings is 1. The number of carbonyl (C=O) groups is 2. The van der Waals surface area contributed by atoms with E-state index >= 15 is 0 Å². The number of carbonyl (C=O) groups excluding carboxylic acids is 2. The van der Waals surface area contributed by atoms with Crippen molar-refractivity contribution < 1.29 is 28.5 Å². The van der Waals surface area contributed by atoms with Crippen molar-refractivity contribution in [2.24, 2.45) is 0 Å².